The first-order valence-electron chi connectivity index (χ1n) is 11.0. The third-order valence-electron chi connectivity index (χ3n) is 5.65. The standard InChI is InChI=1S/C29H24N2O2S/c1-32-26-12-6-10-24(18-26)30-29-31(25-11-7-13-27(19-25)33-2)28(20-34-29)23-16-14-22(15-17-23)21-8-4-3-5-9-21/h3-20H,1-2H3/p+1. The molecule has 0 aliphatic heterocycles. The molecule has 5 rings (SSSR count). The zero-order chi connectivity index (χ0) is 23.3. The van der Waals surface area contributed by atoms with Crippen molar-refractivity contribution >= 4 is 22.2 Å². The highest BCUT2D eigenvalue weighted by molar-refractivity contribution is 7.13. The molecule has 0 atom stereocenters. The smallest absolute Gasteiger partial charge is 0.344 e. The Labute approximate surface area is 203 Å². The third kappa shape index (κ3) is 4.51. The molecule has 0 fully saturated rings. The Morgan fingerprint density at radius 1 is 0.647 bits per heavy atom. The molecule has 1 aromatic heterocycles. The van der Waals surface area contributed by atoms with Crippen molar-refractivity contribution in [2.45, 2.75) is 0 Å². The minimum Gasteiger partial charge on any atom is -0.497 e. The topological polar surface area (TPSA) is 34.4 Å². The minimum atomic E-state index is 0.811. The Morgan fingerprint density at radius 3 is 2.03 bits per heavy atom. The van der Waals surface area contributed by atoms with Gasteiger partial charge in [-0.25, -0.2) is 5.32 Å². The summed E-state index contributed by atoms with van der Waals surface area (Å²) in [4.78, 5) is 0. The van der Waals surface area contributed by atoms with Crippen LogP contribution in [0.4, 0.5) is 10.8 Å². The van der Waals surface area contributed by atoms with Gasteiger partial charge < -0.3 is 9.47 Å². The minimum absolute atomic E-state index is 0.811. The Kier molecular flexibility index (Phi) is 6.27. The first-order valence-corrected chi connectivity index (χ1v) is 11.9. The molecule has 5 heteroatoms. The van der Waals surface area contributed by atoms with Crippen LogP contribution in [0.25, 0.3) is 28.1 Å². The molecule has 0 aliphatic rings. The van der Waals surface area contributed by atoms with Crippen LogP contribution in [-0.4, -0.2) is 14.2 Å². The summed E-state index contributed by atoms with van der Waals surface area (Å²) >= 11 is 1.66. The van der Waals surface area contributed by atoms with Crippen molar-refractivity contribution in [3.05, 3.63) is 109 Å². The number of nitrogens with one attached hydrogen (secondary N) is 1. The van der Waals surface area contributed by atoms with Gasteiger partial charge in [0.2, 0.25) is 0 Å². The van der Waals surface area contributed by atoms with Crippen molar-refractivity contribution < 1.29 is 14.0 Å². The summed E-state index contributed by atoms with van der Waals surface area (Å²) < 4.78 is 13.1. The zero-order valence-electron chi connectivity index (χ0n) is 19.1. The van der Waals surface area contributed by atoms with Gasteiger partial charge in [-0.1, -0.05) is 78.1 Å². The molecule has 0 saturated heterocycles. The number of anilines is 2. The van der Waals surface area contributed by atoms with Crippen LogP contribution in [0, 0.1) is 0 Å². The van der Waals surface area contributed by atoms with Crippen molar-refractivity contribution in [2.75, 3.05) is 19.5 Å². The van der Waals surface area contributed by atoms with Gasteiger partial charge in [0.25, 0.3) is 0 Å². The average molecular weight is 466 g/mol. The molecule has 0 saturated carbocycles. The molecule has 4 nitrogen and oxygen atoms in total. The average Bonchev–Trinajstić information content (AvgIpc) is 3.32. The van der Waals surface area contributed by atoms with E-state index in [0.29, 0.717) is 0 Å². The summed E-state index contributed by atoms with van der Waals surface area (Å²) in [7, 11) is 3.37. The van der Waals surface area contributed by atoms with E-state index in [4.69, 9.17) is 9.47 Å². The first-order chi connectivity index (χ1) is 16.7. The molecule has 168 valence electrons. The van der Waals surface area contributed by atoms with Crippen molar-refractivity contribution in [1.82, 2.24) is 0 Å². The molecule has 1 heterocycles. The molecule has 0 radical (unpaired) electrons. The Morgan fingerprint density at radius 2 is 1.29 bits per heavy atom. The highest BCUT2D eigenvalue weighted by Gasteiger charge is 2.22. The molecule has 34 heavy (non-hydrogen) atoms. The van der Waals surface area contributed by atoms with Crippen LogP contribution in [0.5, 0.6) is 11.5 Å². The van der Waals surface area contributed by atoms with Gasteiger partial charge >= 0.3 is 5.13 Å². The fourth-order valence-corrected chi connectivity index (χ4v) is 4.85. The van der Waals surface area contributed by atoms with Crippen molar-refractivity contribution in [1.29, 1.82) is 0 Å². The molecule has 0 aliphatic carbocycles. The molecule has 0 unspecified atom stereocenters. The van der Waals surface area contributed by atoms with E-state index < -0.39 is 0 Å². The van der Waals surface area contributed by atoms with Gasteiger partial charge in [0.05, 0.1) is 14.2 Å². The largest absolute Gasteiger partial charge is 0.497 e. The van der Waals surface area contributed by atoms with Gasteiger partial charge in [-0.2, -0.15) is 4.57 Å². The van der Waals surface area contributed by atoms with Gasteiger partial charge in [-0.05, 0) is 35.4 Å². The van der Waals surface area contributed by atoms with E-state index in [1.165, 1.54) is 11.1 Å². The van der Waals surface area contributed by atoms with Gasteiger partial charge in [0.15, 0.2) is 5.69 Å². The Balaban J connectivity index is 1.58. The zero-order valence-corrected chi connectivity index (χ0v) is 19.9. The lowest BCUT2D eigenvalue weighted by molar-refractivity contribution is -0.563. The summed E-state index contributed by atoms with van der Waals surface area (Å²) in [5, 5.41) is 6.74. The fourth-order valence-electron chi connectivity index (χ4n) is 3.90. The summed E-state index contributed by atoms with van der Waals surface area (Å²) in [6, 6.07) is 35.2. The van der Waals surface area contributed by atoms with Crippen LogP contribution in [0.3, 0.4) is 0 Å². The van der Waals surface area contributed by atoms with Gasteiger partial charge in [0, 0.05) is 23.1 Å². The van der Waals surface area contributed by atoms with Crippen LogP contribution in [0.1, 0.15) is 0 Å². The van der Waals surface area contributed by atoms with Crippen LogP contribution in [0.15, 0.2) is 109 Å². The molecular formula is C29H25N2O2S+. The van der Waals surface area contributed by atoms with Crippen molar-refractivity contribution in [2.24, 2.45) is 0 Å². The maximum Gasteiger partial charge on any atom is 0.344 e. The lowest BCUT2D eigenvalue weighted by atomic mass is 10.0. The summed E-state index contributed by atoms with van der Waals surface area (Å²) in [5.74, 6) is 1.63. The van der Waals surface area contributed by atoms with E-state index in [2.05, 4.69) is 69.9 Å². The molecule has 4 aromatic carbocycles. The Bertz CT molecular complexity index is 1400. The quantitative estimate of drug-likeness (QED) is 0.260. The summed E-state index contributed by atoms with van der Waals surface area (Å²) in [6.07, 6.45) is 0. The van der Waals surface area contributed by atoms with E-state index >= 15 is 0 Å². The second-order valence-electron chi connectivity index (χ2n) is 7.76. The van der Waals surface area contributed by atoms with Gasteiger partial charge in [-0.3, -0.25) is 0 Å². The maximum atomic E-state index is 5.50. The predicted molar refractivity (Wildman–Crippen MR) is 140 cm³/mol. The maximum absolute atomic E-state index is 5.50. The number of methoxy groups -OCH3 is 2. The van der Waals surface area contributed by atoms with E-state index in [9.17, 15) is 0 Å². The Hall–Kier alpha value is -4.09. The highest BCUT2D eigenvalue weighted by atomic mass is 32.1. The van der Waals surface area contributed by atoms with E-state index in [-0.39, 0.29) is 0 Å². The third-order valence-corrected chi connectivity index (χ3v) is 6.50. The number of nitrogens with zero attached hydrogens (tertiary/aromatic N) is 1. The second-order valence-corrected chi connectivity index (χ2v) is 8.62. The number of hydrogen-bond donors (Lipinski definition) is 1. The number of benzene rings is 4. The summed E-state index contributed by atoms with van der Waals surface area (Å²) in [5.41, 5.74) is 6.63. The monoisotopic (exact) mass is 465 g/mol. The number of hydrogen-bond acceptors (Lipinski definition) is 4. The predicted octanol–water partition coefficient (Wildman–Crippen LogP) is 7.12. The lowest BCUT2D eigenvalue weighted by Gasteiger charge is -2.09. The first kappa shape index (κ1) is 21.7. The summed E-state index contributed by atoms with van der Waals surface area (Å²) in [6.45, 7) is 0. The number of aromatic nitrogens is 1. The SMILES string of the molecule is COc1cccc(Nc2scc(-c3ccc(-c4ccccc4)cc3)[n+]2-c2cccc(OC)c2)c1. The fraction of sp³-hybridized carbons (Fsp3) is 0.0690. The molecular weight excluding hydrogens is 440 g/mol. The van der Waals surface area contributed by atoms with Crippen LogP contribution in [-0.2, 0) is 0 Å². The van der Waals surface area contributed by atoms with Gasteiger partial charge in [0.1, 0.15) is 22.9 Å². The van der Waals surface area contributed by atoms with E-state index in [1.807, 2.05) is 48.5 Å². The molecule has 5 aromatic rings. The van der Waals surface area contributed by atoms with Crippen LogP contribution < -0.4 is 19.4 Å². The molecule has 0 bridgehead atoms. The van der Waals surface area contributed by atoms with Crippen molar-refractivity contribution in [3.8, 4) is 39.6 Å². The van der Waals surface area contributed by atoms with E-state index in [1.54, 1.807) is 25.6 Å². The molecule has 0 spiro atoms. The van der Waals surface area contributed by atoms with Crippen molar-refractivity contribution in [3.63, 3.8) is 0 Å². The van der Waals surface area contributed by atoms with E-state index in [0.717, 1.165) is 39.3 Å². The molecule has 0 amide bonds. The number of ether oxygens (including phenoxy) is 2. The number of thiazole rings is 1. The van der Waals surface area contributed by atoms with Crippen LogP contribution >= 0.6 is 11.3 Å². The van der Waals surface area contributed by atoms with Crippen LogP contribution in [0.2, 0.25) is 0 Å². The molecule has 1 N–H and O–H groups in total. The second kappa shape index (κ2) is 9.81. The highest BCUT2D eigenvalue weighted by Crippen LogP contribution is 2.31. The lowest BCUT2D eigenvalue weighted by Crippen LogP contribution is -2.33. The number of rotatable bonds is 7. The van der Waals surface area contributed by atoms with Gasteiger partial charge in [-0.15, -0.1) is 0 Å². The normalized spacial score (nSPS) is 10.6.